The van der Waals surface area contributed by atoms with Gasteiger partial charge >= 0.3 is 0 Å². The molecule has 2 aromatic rings. The van der Waals surface area contributed by atoms with Gasteiger partial charge in [0.05, 0.1) is 17.5 Å². The van der Waals surface area contributed by atoms with Gasteiger partial charge in [-0.25, -0.2) is 10.1 Å². The van der Waals surface area contributed by atoms with Crippen LogP contribution in [0.25, 0.3) is 0 Å². The molecule has 1 spiro atoms. The number of rotatable bonds is 2. The van der Waals surface area contributed by atoms with E-state index in [-0.39, 0.29) is 17.3 Å². The lowest BCUT2D eigenvalue weighted by Gasteiger charge is -2.29. The largest absolute Gasteiger partial charge is 0.595 e. The van der Waals surface area contributed by atoms with Crippen LogP contribution in [0.1, 0.15) is 18.1 Å². The van der Waals surface area contributed by atoms with Gasteiger partial charge in [-0.2, -0.15) is 5.23 Å². The predicted octanol–water partition coefficient (Wildman–Crippen LogP) is 0.343. The summed E-state index contributed by atoms with van der Waals surface area (Å²) in [5.74, 6) is -2.94. The Morgan fingerprint density at radius 2 is 1.87 bits per heavy atom. The minimum absolute atomic E-state index is 0.0156. The van der Waals surface area contributed by atoms with E-state index in [4.69, 9.17) is 0 Å². The number of benzene rings is 2. The van der Waals surface area contributed by atoms with E-state index in [9.17, 15) is 24.8 Å². The van der Waals surface area contributed by atoms with Gasteiger partial charge in [0.15, 0.2) is 5.69 Å². The molecule has 2 saturated heterocycles. The average molecular weight is 408 g/mol. The number of carbonyl (C=O) groups is 3. The number of nitrogens with one attached hydrogen (secondary N) is 3. The Bertz CT molecular complexity index is 1120. The quantitative estimate of drug-likeness (QED) is 0.420. The van der Waals surface area contributed by atoms with E-state index in [1.807, 2.05) is 0 Å². The average Bonchev–Trinajstić information content (AvgIpc) is 3.27. The van der Waals surface area contributed by atoms with Crippen molar-refractivity contribution in [3.05, 3.63) is 58.8 Å². The highest BCUT2D eigenvalue weighted by atomic mass is 16.8. The van der Waals surface area contributed by atoms with Crippen molar-refractivity contribution in [3.63, 3.8) is 0 Å². The first-order chi connectivity index (χ1) is 14.3. The summed E-state index contributed by atoms with van der Waals surface area (Å²) < 4.78 is 0. The van der Waals surface area contributed by atoms with E-state index < -0.39 is 40.5 Å². The highest BCUT2D eigenvalue weighted by molar-refractivity contribution is 6.26. The normalized spacial score (nSPS) is 30.6. The smallest absolute Gasteiger partial charge is 0.250 e. The zero-order chi connectivity index (χ0) is 21.4. The number of quaternary nitrogens is 1. The number of imide groups is 1. The molecule has 0 aliphatic carbocycles. The molecular weight excluding hydrogens is 388 g/mol. The first-order valence-corrected chi connectivity index (χ1v) is 9.68. The Balaban J connectivity index is 1.66. The van der Waals surface area contributed by atoms with Crippen LogP contribution in [-0.4, -0.2) is 29.0 Å². The first-order valence-electron chi connectivity index (χ1n) is 9.68. The third-order valence-electron chi connectivity index (χ3n) is 6.47. The van der Waals surface area contributed by atoms with Crippen molar-refractivity contribution in [1.29, 1.82) is 0 Å². The molecule has 9 nitrogen and oxygen atoms in total. The number of hydrogen-bond acceptors (Lipinski definition) is 6. The van der Waals surface area contributed by atoms with E-state index >= 15 is 0 Å². The van der Waals surface area contributed by atoms with E-state index in [1.165, 1.54) is 12.1 Å². The molecule has 0 radical (unpaired) electrons. The Kier molecular flexibility index (Phi) is 3.90. The molecule has 0 saturated carbocycles. The molecule has 0 aromatic heterocycles. The molecule has 3 heterocycles. The third-order valence-corrected chi connectivity index (χ3v) is 6.47. The van der Waals surface area contributed by atoms with Gasteiger partial charge in [0.1, 0.15) is 5.54 Å². The number of para-hydroxylation sites is 1. The first kappa shape index (κ1) is 18.9. The molecule has 5 atom stereocenters. The van der Waals surface area contributed by atoms with Gasteiger partial charge in [0, 0.05) is 29.4 Å². The standard InChI is InChI=1S/C21H20N4O5/c1-10-7-8-12(25(29)30)9-15(10)24-18(26)16-11(2)23-21(17(16)19(24)27)13-5-3-4-6-14(13)22-20(21)28/h3-9,11,16-17,23,25,29H,1-2H3,(H,22,28)/t11-,16-,17-,21+/m0/s1. The topological polar surface area (TPSA) is 126 Å². The number of carbonyl (C=O) groups excluding carboxylic acids is 3. The molecule has 0 bridgehead atoms. The highest BCUT2D eigenvalue weighted by Crippen LogP contribution is 2.53. The number of nitrogens with zero attached hydrogens (tertiary/aromatic N) is 1. The SMILES string of the molecule is Cc1ccc([NH+]([O-])O)cc1N1C(=O)[C@H]2[C@H](C)N[C@@]3(C(=O)Nc4ccccc43)[C@@H]2C1=O. The van der Waals surface area contributed by atoms with Crippen molar-refractivity contribution in [3.8, 4) is 0 Å². The summed E-state index contributed by atoms with van der Waals surface area (Å²) in [6, 6.07) is 11.1. The van der Waals surface area contributed by atoms with Crippen LogP contribution in [0.2, 0.25) is 0 Å². The molecule has 1 unspecified atom stereocenters. The van der Waals surface area contributed by atoms with Crippen molar-refractivity contribution in [2.75, 3.05) is 10.2 Å². The maximum atomic E-state index is 13.6. The maximum Gasteiger partial charge on any atom is 0.250 e. The number of anilines is 2. The Morgan fingerprint density at radius 1 is 1.13 bits per heavy atom. The van der Waals surface area contributed by atoms with Crippen molar-refractivity contribution in [2.45, 2.75) is 25.4 Å². The lowest BCUT2D eigenvalue weighted by atomic mass is 9.76. The molecule has 2 fully saturated rings. The summed E-state index contributed by atoms with van der Waals surface area (Å²) in [4.78, 5) is 41.2. The van der Waals surface area contributed by atoms with E-state index in [0.717, 1.165) is 4.90 Å². The summed E-state index contributed by atoms with van der Waals surface area (Å²) >= 11 is 0. The minimum atomic E-state index is -1.33. The van der Waals surface area contributed by atoms with Gasteiger partial charge < -0.3 is 10.5 Å². The van der Waals surface area contributed by atoms with Crippen LogP contribution in [0, 0.1) is 24.0 Å². The fraction of sp³-hybridized carbons (Fsp3) is 0.286. The Morgan fingerprint density at radius 3 is 2.60 bits per heavy atom. The number of aryl methyl sites for hydroxylation is 1. The van der Waals surface area contributed by atoms with Crippen LogP contribution < -0.4 is 20.8 Å². The summed E-state index contributed by atoms with van der Waals surface area (Å²) in [6.07, 6.45) is 0. The molecule has 154 valence electrons. The molecule has 3 aliphatic heterocycles. The zero-order valence-corrected chi connectivity index (χ0v) is 16.3. The molecule has 9 heteroatoms. The molecule has 2 aromatic carbocycles. The van der Waals surface area contributed by atoms with Gasteiger partial charge in [-0.15, -0.1) is 0 Å². The number of fused-ring (bicyclic) bond motifs is 4. The van der Waals surface area contributed by atoms with Gasteiger partial charge in [0.2, 0.25) is 17.7 Å². The maximum absolute atomic E-state index is 13.6. The van der Waals surface area contributed by atoms with Gasteiger partial charge in [0.25, 0.3) is 0 Å². The fourth-order valence-corrected chi connectivity index (χ4v) is 5.14. The van der Waals surface area contributed by atoms with Crippen molar-refractivity contribution < 1.29 is 24.8 Å². The third kappa shape index (κ3) is 2.23. The second-order valence-corrected chi connectivity index (χ2v) is 8.06. The molecular formula is C21H20N4O5. The van der Waals surface area contributed by atoms with Crippen LogP contribution in [0.4, 0.5) is 17.1 Å². The Labute approximate surface area is 171 Å². The zero-order valence-electron chi connectivity index (χ0n) is 16.3. The van der Waals surface area contributed by atoms with Crippen LogP contribution in [0.15, 0.2) is 42.5 Å². The predicted molar refractivity (Wildman–Crippen MR) is 106 cm³/mol. The second-order valence-electron chi connectivity index (χ2n) is 8.06. The van der Waals surface area contributed by atoms with Crippen LogP contribution in [0.3, 0.4) is 0 Å². The van der Waals surface area contributed by atoms with Gasteiger partial charge in [-0.1, -0.05) is 24.3 Å². The fourth-order valence-electron chi connectivity index (χ4n) is 5.14. The van der Waals surface area contributed by atoms with Crippen LogP contribution in [0.5, 0.6) is 0 Å². The molecule has 30 heavy (non-hydrogen) atoms. The van der Waals surface area contributed by atoms with Gasteiger partial charge in [-0.05, 0) is 25.5 Å². The van der Waals surface area contributed by atoms with Crippen molar-refractivity contribution in [1.82, 2.24) is 5.32 Å². The van der Waals surface area contributed by atoms with Crippen molar-refractivity contribution in [2.24, 2.45) is 11.8 Å². The highest BCUT2D eigenvalue weighted by Gasteiger charge is 2.69. The van der Waals surface area contributed by atoms with Gasteiger partial charge in [-0.3, -0.25) is 19.7 Å². The minimum Gasteiger partial charge on any atom is -0.595 e. The summed E-state index contributed by atoms with van der Waals surface area (Å²) in [7, 11) is 0. The van der Waals surface area contributed by atoms with Crippen LogP contribution >= 0.6 is 0 Å². The summed E-state index contributed by atoms with van der Waals surface area (Å²) in [6.45, 7) is 3.50. The second kappa shape index (κ2) is 6.19. The van der Waals surface area contributed by atoms with Crippen molar-refractivity contribution >= 4 is 34.8 Å². The monoisotopic (exact) mass is 408 g/mol. The lowest BCUT2D eigenvalue weighted by Crippen LogP contribution is -2.99. The van der Waals surface area contributed by atoms with E-state index in [1.54, 1.807) is 44.2 Å². The summed E-state index contributed by atoms with van der Waals surface area (Å²) in [5.41, 5.74) is 0.763. The molecule has 4 N–H and O–H groups in total. The molecule has 3 amide bonds. The van der Waals surface area contributed by atoms with Crippen LogP contribution in [-0.2, 0) is 19.9 Å². The molecule has 5 rings (SSSR count). The lowest BCUT2D eigenvalue weighted by molar-refractivity contribution is -0.991. The summed E-state index contributed by atoms with van der Waals surface area (Å²) in [5, 5.41) is 25.7. The Hall–Kier alpha value is -3.11. The molecule has 3 aliphatic rings. The number of amides is 3. The number of hydrogen-bond donors (Lipinski definition) is 4. The van der Waals surface area contributed by atoms with E-state index in [2.05, 4.69) is 10.6 Å². The van der Waals surface area contributed by atoms with E-state index in [0.29, 0.717) is 16.8 Å².